The molecule has 0 aliphatic rings. The van der Waals surface area contributed by atoms with E-state index in [1.165, 1.54) is 6.07 Å². The average molecular weight is 365 g/mol. The van der Waals surface area contributed by atoms with E-state index in [1.807, 2.05) is 38.3 Å². The molecule has 1 atom stereocenters. The highest BCUT2D eigenvalue weighted by Gasteiger charge is 2.20. The van der Waals surface area contributed by atoms with E-state index in [1.54, 1.807) is 30.0 Å². The second-order valence-electron chi connectivity index (χ2n) is 5.53. The number of aryl methyl sites for hydroxylation is 1. The highest BCUT2D eigenvalue weighted by Crippen LogP contribution is 2.29. The monoisotopic (exact) mass is 365 g/mol. The van der Waals surface area contributed by atoms with Crippen molar-refractivity contribution in [1.29, 1.82) is 0 Å². The molecule has 2 rings (SSSR count). The number of benzene rings is 2. The van der Waals surface area contributed by atoms with E-state index < -0.39 is 12.7 Å². The van der Waals surface area contributed by atoms with E-state index in [0.29, 0.717) is 17.5 Å². The van der Waals surface area contributed by atoms with Crippen molar-refractivity contribution in [2.45, 2.75) is 37.8 Å². The predicted octanol–water partition coefficient (Wildman–Crippen LogP) is 5.20. The van der Waals surface area contributed by atoms with Gasteiger partial charge in [-0.1, -0.05) is 31.2 Å². The van der Waals surface area contributed by atoms with Crippen LogP contribution >= 0.6 is 11.8 Å². The molecular weight excluding hydrogens is 344 g/mol. The van der Waals surface area contributed by atoms with Crippen LogP contribution in [0.3, 0.4) is 0 Å². The number of rotatable bonds is 7. The van der Waals surface area contributed by atoms with Gasteiger partial charge in [0.1, 0.15) is 5.75 Å². The normalized spacial score (nSPS) is 12.1. The van der Waals surface area contributed by atoms with Gasteiger partial charge in [-0.25, -0.2) is 0 Å². The van der Waals surface area contributed by atoms with Crippen LogP contribution in [0.2, 0.25) is 0 Å². The minimum absolute atomic E-state index is 0.0826. The van der Waals surface area contributed by atoms with E-state index in [0.717, 1.165) is 10.5 Å². The van der Waals surface area contributed by atoms with Gasteiger partial charge in [0.15, 0.2) is 0 Å². The van der Waals surface area contributed by atoms with Crippen LogP contribution in [0.15, 0.2) is 47.4 Å². The number of halogens is 2. The van der Waals surface area contributed by atoms with E-state index in [4.69, 9.17) is 0 Å². The van der Waals surface area contributed by atoms with E-state index in [9.17, 15) is 13.6 Å². The lowest BCUT2D eigenvalue weighted by atomic mass is 10.0. The molecule has 134 valence electrons. The molecule has 3 nitrogen and oxygen atoms in total. The summed E-state index contributed by atoms with van der Waals surface area (Å²) in [5.74, 6) is -0.147. The summed E-state index contributed by atoms with van der Waals surface area (Å²) < 4.78 is 29.8. The minimum atomic E-state index is -2.91. The molecule has 0 radical (unpaired) electrons. The Morgan fingerprint density at radius 1 is 1.24 bits per heavy atom. The van der Waals surface area contributed by atoms with Crippen LogP contribution in [0, 0.1) is 6.92 Å². The lowest BCUT2D eigenvalue weighted by Crippen LogP contribution is -2.29. The van der Waals surface area contributed by atoms with Crippen molar-refractivity contribution in [1.82, 2.24) is 5.32 Å². The highest BCUT2D eigenvalue weighted by molar-refractivity contribution is 7.98. The third kappa shape index (κ3) is 4.95. The molecule has 1 unspecified atom stereocenters. The first-order valence-corrected chi connectivity index (χ1v) is 9.18. The fourth-order valence-corrected chi connectivity index (χ4v) is 3.02. The Morgan fingerprint density at radius 3 is 2.60 bits per heavy atom. The van der Waals surface area contributed by atoms with E-state index in [2.05, 4.69) is 10.1 Å². The Morgan fingerprint density at radius 2 is 1.96 bits per heavy atom. The second kappa shape index (κ2) is 8.85. The Bertz CT molecular complexity index is 737. The SMILES string of the molecule is CCC(NC(=O)c1cc(SC)ccc1C)c1ccccc1OC(F)F. The van der Waals surface area contributed by atoms with Gasteiger partial charge in [0.05, 0.1) is 6.04 Å². The van der Waals surface area contributed by atoms with Gasteiger partial charge in [-0.3, -0.25) is 4.79 Å². The number of hydrogen-bond acceptors (Lipinski definition) is 3. The van der Waals surface area contributed by atoms with Crippen molar-refractivity contribution in [3.05, 3.63) is 59.2 Å². The van der Waals surface area contributed by atoms with Gasteiger partial charge in [-0.15, -0.1) is 11.8 Å². The van der Waals surface area contributed by atoms with Crippen molar-refractivity contribution in [3.8, 4) is 5.75 Å². The first-order chi connectivity index (χ1) is 12.0. The lowest BCUT2D eigenvalue weighted by Gasteiger charge is -2.21. The smallest absolute Gasteiger partial charge is 0.387 e. The maximum absolute atomic E-state index is 12.7. The molecule has 6 heteroatoms. The number of carbonyl (C=O) groups is 1. The number of carbonyl (C=O) groups excluding carboxylic acids is 1. The van der Waals surface area contributed by atoms with Gasteiger partial charge < -0.3 is 10.1 Å². The Hall–Kier alpha value is -2.08. The summed E-state index contributed by atoms with van der Waals surface area (Å²) >= 11 is 1.56. The molecule has 0 bridgehead atoms. The van der Waals surface area contributed by atoms with E-state index >= 15 is 0 Å². The summed E-state index contributed by atoms with van der Waals surface area (Å²) in [5, 5.41) is 2.93. The van der Waals surface area contributed by atoms with Crippen LogP contribution < -0.4 is 10.1 Å². The van der Waals surface area contributed by atoms with Crippen molar-refractivity contribution >= 4 is 17.7 Å². The first kappa shape index (κ1) is 19.2. The third-order valence-electron chi connectivity index (χ3n) is 3.91. The molecule has 0 aliphatic carbocycles. The van der Waals surface area contributed by atoms with Crippen molar-refractivity contribution < 1.29 is 18.3 Å². The standard InChI is InChI=1S/C19H21F2NO2S/c1-4-16(14-7-5-6-8-17(14)24-19(20)21)22-18(23)15-11-13(25-3)10-9-12(15)2/h5-11,16,19H,4H2,1-3H3,(H,22,23). The molecule has 0 aromatic heterocycles. The van der Waals surface area contributed by atoms with Gasteiger partial charge in [-0.05, 0) is 43.4 Å². The molecule has 0 fully saturated rings. The number of amides is 1. The molecule has 0 aliphatic heterocycles. The Labute approximate surface area is 150 Å². The second-order valence-corrected chi connectivity index (χ2v) is 6.41. The molecule has 0 heterocycles. The Kier molecular flexibility index (Phi) is 6.82. The van der Waals surface area contributed by atoms with Gasteiger partial charge in [0, 0.05) is 16.0 Å². The molecule has 0 saturated carbocycles. The first-order valence-electron chi connectivity index (χ1n) is 7.95. The van der Waals surface area contributed by atoms with Gasteiger partial charge >= 0.3 is 6.61 Å². The van der Waals surface area contributed by atoms with Crippen molar-refractivity contribution in [2.24, 2.45) is 0 Å². The zero-order chi connectivity index (χ0) is 18.4. The van der Waals surface area contributed by atoms with Crippen LogP contribution in [0.5, 0.6) is 5.75 Å². The number of hydrogen-bond donors (Lipinski definition) is 1. The fourth-order valence-electron chi connectivity index (χ4n) is 2.58. The van der Waals surface area contributed by atoms with Crippen LogP contribution in [0.25, 0.3) is 0 Å². The number of para-hydroxylation sites is 1. The lowest BCUT2D eigenvalue weighted by molar-refractivity contribution is -0.0506. The molecule has 0 saturated heterocycles. The molecule has 25 heavy (non-hydrogen) atoms. The number of alkyl halides is 2. The van der Waals surface area contributed by atoms with Crippen LogP contribution in [-0.4, -0.2) is 18.8 Å². The molecular formula is C19H21F2NO2S. The molecule has 2 aromatic rings. The predicted molar refractivity (Wildman–Crippen MR) is 96.5 cm³/mol. The zero-order valence-corrected chi connectivity index (χ0v) is 15.2. The topological polar surface area (TPSA) is 38.3 Å². The third-order valence-corrected chi connectivity index (χ3v) is 4.64. The van der Waals surface area contributed by atoms with Gasteiger partial charge in [0.2, 0.25) is 0 Å². The summed E-state index contributed by atoms with van der Waals surface area (Å²) in [7, 11) is 0. The molecule has 2 aromatic carbocycles. The van der Waals surface area contributed by atoms with Crippen LogP contribution in [0.4, 0.5) is 8.78 Å². The van der Waals surface area contributed by atoms with Crippen LogP contribution in [0.1, 0.15) is 40.9 Å². The summed E-state index contributed by atoms with van der Waals surface area (Å²) in [4.78, 5) is 13.7. The van der Waals surface area contributed by atoms with E-state index in [-0.39, 0.29) is 11.7 Å². The zero-order valence-electron chi connectivity index (χ0n) is 14.4. The highest BCUT2D eigenvalue weighted by atomic mass is 32.2. The molecule has 0 spiro atoms. The van der Waals surface area contributed by atoms with Gasteiger partial charge in [0.25, 0.3) is 5.91 Å². The minimum Gasteiger partial charge on any atom is -0.434 e. The summed E-state index contributed by atoms with van der Waals surface area (Å²) in [6.45, 7) is 0.846. The number of nitrogens with one attached hydrogen (secondary N) is 1. The number of thioether (sulfide) groups is 1. The van der Waals surface area contributed by atoms with Crippen molar-refractivity contribution in [2.75, 3.05) is 6.26 Å². The fraction of sp³-hybridized carbons (Fsp3) is 0.316. The summed E-state index contributed by atoms with van der Waals surface area (Å²) in [5.41, 5.74) is 1.98. The van der Waals surface area contributed by atoms with Gasteiger partial charge in [-0.2, -0.15) is 8.78 Å². The summed E-state index contributed by atoms with van der Waals surface area (Å²) in [6, 6.07) is 11.8. The molecule has 1 amide bonds. The van der Waals surface area contributed by atoms with Crippen LogP contribution in [-0.2, 0) is 0 Å². The number of ether oxygens (including phenoxy) is 1. The maximum atomic E-state index is 12.7. The Balaban J connectivity index is 2.27. The summed E-state index contributed by atoms with van der Waals surface area (Å²) in [6.07, 6.45) is 2.50. The quantitative estimate of drug-likeness (QED) is 0.686. The largest absolute Gasteiger partial charge is 0.434 e. The van der Waals surface area contributed by atoms with Crippen molar-refractivity contribution in [3.63, 3.8) is 0 Å². The average Bonchev–Trinajstić information content (AvgIpc) is 2.60. The molecule has 1 N–H and O–H groups in total. The maximum Gasteiger partial charge on any atom is 0.387 e.